The van der Waals surface area contributed by atoms with Gasteiger partial charge in [-0.15, -0.1) is 0 Å². The minimum absolute atomic E-state index is 0.249. The molecule has 0 spiro atoms. The first-order valence-corrected chi connectivity index (χ1v) is 11.0. The quantitative estimate of drug-likeness (QED) is 0.595. The van der Waals surface area contributed by atoms with E-state index in [-0.39, 0.29) is 11.7 Å². The van der Waals surface area contributed by atoms with Gasteiger partial charge in [0.05, 0.1) is 17.6 Å². The molecule has 0 bridgehead atoms. The van der Waals surface area contributed by atoms with E-state index in [1.54, 1.807) is 6.92 Å². The van der Waals surface area contributed by atoms with Gasteiger partial charge in [-0.1, -0.05) is 30.3 Å². The Morgan fingerprint density at radius 1 is 1.06 bits per heavy atom. The molecule has 0 aliphatic carbocycles. The molecule has 6 heteroatoms. The third kappa shape index (κ3) is 5.02. The third-order valence-corrected chi connectivity index (χ3v) is 5.93. The van der Waals surface area contributed by atoms with Crippen LogP contribution in [-0.2, 0) is 11.3 Å². The summed E-state index contributed by atoms with van der Waals surface area (Å²) in [6, 6.07) is 14.8. The number of nitrogens with one attached hydrogen (secondary N) is 1. The van der Waals surface area contributed by atoms with Crippen LogP contribution in [0, 0.1) is 13.8 Å². The number of anilines is 1. The molecule has 1 N–H and O–H groups in total. The topological polar surface area (TPSA) is 67.3 Å². The number of nitrogens with zero attached hydrogens (tertiary/aromatic N) is 3. The second kappa shape index (κ2) is 9.43. The molecule has 2 heterocycles. The number of rotatable bonds is 6. The first-order chi connectivity index (χ1) is 15.0. The summed E-state index contributed by atoms with van der Waals surface area (Å²) in [4.78, 5) is 24.5. The Morgan fingerprint density at radius 2 is 1.71 bits per heavy atom. The number of fused-ring (bicyclic) bond motifs is 1. The van der Waals surface area contributed by atoms with E-state index >= 15 is 0 Å². The molecule has 4 rings (SSSR count). The number of carbonyl (C=O) groups excluding carboxylic acids is 1. The minimum Gasteiger partial charge on any atom is -0.461 e. The monoisotopic (exact) mass is 418 g/mol. The highest BCUT2D eigenvalue weighted by Crippen LogP contribution is 2.24. The fraction of sp³-hybridized carbons (Fsp3) is 0.400. The highest BCUT2D eigenvalue weighted by atomic mass is 16.5. The van der Waals surface area contributed by atoms with Gasteiger partial charge < -0.3 is 10.1 Å². The largest absolute Gasteiger partial charge is 0.461 e. The highest BCUT2D eigenvalue weighted by Gasteiger charge is 2.24. The smallest absolute Gasteiger partial charge is 0.360 e. The van der Waals surface area contributed by atoms with E-state index in [0.29, 0.717) is 12.4 Å². The highest BCUT2D eigenvalue weighted by molar-refractivity contribution is 5.95. The minimum atomic E-state index is -0.431. The molecule has 1 aromatic heterocycles. The molecule has 0 atom stereocenters. The van der Waals surface area contributed by atoms with Gasteiger partial charge in [0.1, 0.15) is 0 Å². The molecule has 1 aliphatic heterocycles. The van der Waals surface area contributed by atoms with Crippen molar-refractivity contribution in [3.05, 3.63) is 64.8 Å². The van der Waals surface area contributed by atoms with Crippen LogP contribution in [0.1, 0.15) is 46.9 Å². The number of benzene rings is 2. The van der Waals surface area contributed by atoms with Crippen LogP contribution in [0.5, 0.6) is 0 Å². The normalized spacial score (nSPS) is 15.2. The predicted molar refractivity (Wildman–Crippen MR) is 123 cm³/mol. The van der Waals surface area contributed by atoms with Gasteiger partial charge in [-0.05, 0) is 62.4 Å². The predicted octanol–water partition coefficient (Wildman–Crippen LogP) is 4.50. The molecule has 31 heavy (non-hydrogen) atoms. The zero-order valence-corrected chi connectivity index (χ0v) is 18.5. The van der Waals surface area contributed by atoms with Crippen LogP contribution in [0.4, 0.5) is 5.82 Å². The van der Waals surface area contributed by atoms with Crippen molar-refractivity contribution < 1.29 is 9.53 Å². The van der Waals surface area contributed by atoms with Crippen molar-refractivity contribution in [2.75, 3.05) is 25.0 Å². The molecule has 1 saturated heterocycles. The molecule has 3 aromatic rings. The molecular formula is C25H30N4O2. The molecule has 1 fully saturated rings. The fourth-order valence-corrected chi connectivity index (χ4v) is 4.02. The molecule has 0 unspecified atom stereocenters. The standard InChI is InChI=1S/C25H30N4O2/c1-4-31-25(30)23-24(28-22-15-18(3)17(2)14-21(22)27-23)26-20-10-12-29(13-11-20)16-19-8-6-5-7-9-19/h5-9,14-15,20H,4,10-13,16H2,1-3H3,(H,26,28). The summed E-state index contributed by atoms with van der Waals surface area (Å²) in [5.41, 5.74) is 5.40. The van der Waals surface area contributed by atoms with E-state index in [2.05, 4.69) is 46.4 Å². The average molecular weight is 419 g/mol. The Kier molecular flexibility index (Phi) is 6.47. The van der Waals surface area contributed by atoms with Gasteiger partial charge in [0.2, 0.25) is 0 Å². The second-order valence-corrected chi connectivity index (χ2v) is 8.25. The second-order valence-electron chi connectivity index (χ2n) is 8.25. The van der Waals surface area contributed by atoms with Crippen molar-refractivity contribution >= 4 is 22.8 Å². The van der Waals surface area contributed by atoms with Crippen molar-refractivity contribution in [3.63, 3.8) is 0 Å². The number of carbonyl (C=O) groups is 1. The van der Waals surface area contributed by atoms with Crippen molar-refractivity contribution in [1.29, 1.82) is 0 Å². The SMILES string of the molecule is CCOC(=O)c1nc2cc(C)c(C)cc2nc1NC1CCN(Cc2ccccc2)CC1. The van der Waals surface area contributed by atoms with Gasteiger partial charge in [-0.25, -0.2) is 14.8 Å². The molecule has 0 amide bonds. The molecule has 6 nitrogen and oxygen atoms in total. The van der Waals surface area contributed by atoms with Crippen LogP contribution in [-0.4, -0.2) is 46.6 Å². The molecule has 0 radical (unpaired) electrons. The lowest BCUT2D eigenvalue weighted by Gasteiger charge is -2.32. The first kappa shape index (κ1) is 21.2. The van der Waals surface area contributed by atoms with E-state index in [0.717, 1.165) is 54.6 Å². The molecule has 2 aromatic carbocycles. The lowest BCUT2D eigenvalue weighted by atomic mass is 10.0. The zero-order valence-electron chi connectivity index (χ0n) is 18.5. The number of esters is 1. The number of piperidine rings is 1. The van der Waals surface area contributed by atoms with Gasteiger partial charge in [0.15, 0.2) is 11.5 Å². The van der Waals surface area contributed by atoms with E-state index in [9.17, 15) is 4.79 Å². The summed E-state index contributed by atoms with van der Waals surface area (Å²) < 4.78 is 5.25. The Labute approximate surface area is 183 Å². The molecule has 1 aliphatic rings. The summed E-state index contributed by atoms with van der Waals surface area (Å²) in [5.74, 6) is 0.0925. The van der Waals surface area contributed by atoms with Gasteiger partial charge >= 0.3 is 5.97 Å². The molecule has 0 saturated carbocycles. The van der Waals surface area contributed by atoms with E-state index < -0.39 is 5.97 Å². The van der Waals surface area contributed by atoms with Crippen molar-refractivity contribution in [2.24, 2.45) is 0 Å². The number of aryl methyl sites for hydroxylation is 2. The molecular weight excluding hydrogens is 388 g/mol. The van der Waals surface area contributed by atoms with Crippen LogP contribution < -0.4 is 5.32 Å². The maximum Gasteiger partial charge on any atom is 0.360 e. The number of hydrogen-bond donors (Lipinski definition) is 1. The van der Waals surface area contributed by atoms with E-state index in [4.69, 9.17) is 9.72 Å². The van der Waals surface area contributed by atoms with Crippen LogP contribution in [0.15, 0.2) is 42.5 Å². The zero-order chi connectivity index (χ0) is 21.8. The van der Waals surface area contributed by atoms with Crippen molar-refractivity contribution in [1.82, 2.24) is 14.9 Å². The molecule has 162 valence electrons. The summed E-state index contributed by atoms with van der Waals surface area (Å²) in [7, 11) is 0. The van der Waals surface area contributed by atoms with Crippen LogP contribution in [0.3, 0.4) is 0 Å². The van der Waals surface area contributed by atoms with Crippen molar-refractivity contribution in [2.45, 2.75) is 46.2 Å². The van der Waals surface area contributed by atoms with Gasteiger partial charge in [-0.2, -0.15) is 0 Å². The first-order valence-electron chi connectivity index (χ1n) is 11.0. The van der Waals surface area contributed by atoms with Gasteiger partial charge in [-0.3, -0.25) is 4.90 Å². The summed E-state index contributed by atoms with van der Waals surface area (Å²) in [5, 5.41) is 3.50. The van der Waals surface area contributed by atoms with Crippen LogP contribution in [0.2, 0.25) is 0 Å². The van der Waals surface area contributed by atoms with E-state index in [1.807, 2.05) is 25.1 Å². The van der Waals surface area contributed by atoms with Crippen LogP contribution in [0.25, 0.3) is 11.0 Å². The van der Waals surface area contributed by atoms with Crippen molar-refractivity contribution in [3.8, 4) is 0 Å². The number of ether oxygens (including phenoxy) is 1. The summed E-state index contributed by atoms with van der Waals surface area (Å²) >= 11 is 0. The Bertz CT molecular complexity index is 1060. The fourth-order valence-electron chi connectivity index (χ4n) is 4.02. The lowest BCUT2D eigenvalue weighted by molar-refractivity contribution is 0.0520. The number of aromatic nitrogens is 2. The average Bonchev–Trinajstić information content (AvgIpc) is 2.77. The lowest BCUT2D eigenvalue weighted by Crippen LogP contribution is -2.39. The van der Waals surface area contributed by atoms with Gasteiger partial charge in [0.25, 0.3) is 0 Å². The maximum atomic E-state index is 12.6. The Morgan fingerprint density at radius 3 is 2.35 bits per heavy atom. The van der Waals surface area contributed by atoms with E-state index in [1.165, 1.54) is 5.56 Å². The third-order valence-electron chi connectivity index (χ3n) is 5.93. The summed E-state index contributed by atoms with van der Waals surface area (Å²) in [6.45, 7) is 9.18. The Balaban J connectivity index is 1.51. The van der Waals surface area contributed by atoms with Crippen LogP contribution >= 0.6 is 0 Å². The summed E-state index contributed by atoms with van der Waals surface area (Å²) in [6.07, 6.45) is 1.98. The Hall–Kier alpha value is -2.99. The number of hydrogen-bond acceptors (Lipinski definition) is 6. The maximum absolute atomic E-state index is 12.6. The van der Waals surface area contributed by atoms with Gasteiger partial charge in [0, 0.05) is 25.7 Å². The number of likely N-dealkylation sites (tertiary alicyclic amines) is 1.